The SMILES string of the molecule is COc1cccc(CN2CCC(O)(c3ccc4nc(C)ccc4c3)CC2)c1OC. The molecule has 4 rings (SSSR count). The summed E-state index contributed by atoms with van der Waals surface area (Å²) < 4.78 is 11.0. The van der Waals surface area contributed by atoms with Crippen LogP contribution < -0.4 is 9.47 Å². The molecule has 0 atom stereocenters. The van der Waals surface area contributed by atoms with Gasteiger partial charge in [0.15, 0.2) is 11.5 Å². The number of pyridine rings is 1. The van der Waals surface area contributed by atoms with Gasteiger partial charge in [-0.15, -0.1) is 0 Å². The van der Waals surface area contributed by atoms with E-state index in [4.69, 9.17) is 9.47 Å². The van der Waals surface area contributed by atoms with Crippen molar-refractivity contribution in [1.82, 2.24) is 9.88 Å². The molecule has 1 fully saturated rings. The Morgan fingerprint density at radius 2 is 1.83 bits per heavy atom. The highest BCUT2D eigenvalue weighted by atomic mass is 16.5. The van der Waals surface area contributed by atoms with Crippen molar-refractivity contribution in [1.29, 1.82) is 0 Å². The van der Waals surface area contributed by atoms with Gasteiger partial charge in [-0.2, -0.15) is 0 Å². The van der Waals surface area contributed by atoms with Crippen LogP contribution in [-0.4, -0.2) is 42.3 Å². The molecule has 0 amide bonds. The fraction of sp³-hybridized carbons (Fsp3) is 0.375. The van der Waals surface area contributed by atoms with E-state index in [1.54, 1.807) is 14.2 Å². The Morgan fingerprint density at radius 3 is 2.55 bits per heavy atom. The van der Waals surface area contributed by atoms with Crippen LogP contribution in [0.4, 0.5) is 0 Å². The molecular weight excluding hydrogens is 364 g/mol. The van der Waals surface area contributed by atoms with Crippen molar-refractivity contribution in [3.05, 3.63) is 65.4 Å². The number of aliphatic hydroxyl groups is 1. The summed E-state index contributed by atoms with van der Waals surface area (Å²) in [5.74, 6) is 1.53. The normalized spacial score (nSPS) is 16.7. The molecule has 152 valence electrons. The lowest BCUT2D eigenvalue weighted by Gasteiger charge is -2.38. The second kappa shape index (κ2) is 8.01. The molecule has 0 unspecified atom stereocenters. The first-order chi connectivity index (χ1) is 14.0. The number of benzene rings is 2. The average molecular weight is 392 g/mol. The Hall–Kier alpha value is -2.63. The number of fused-ring (bicyclic) bond motifs is 1. The van der Waals surface area contributed by atoms with Crippen molar-refractivity contribution in [3.8, 4) is 11.5 Å². The fourth-order valence-corrected chi connectivity index (χ4v) is 4.21. The third kappa shape index (κ3) is 3.93. The quantitative estimate of drug-likeness (QED) is 0.710. The molecule has 0 aliphatic carbocycles. The fourth-order valence-electron chi connectivity index (χ4n) is 4.21. The van der Waals surface area contributed by atoms with E-state index < -0.39 is 5.60 Å². The van der Waals surface area contributed by atoms with Gasteiger partial charge in [0.2, 0.25) is 0 Å². The number of hydrogen-bond acceptors (Lipinski definition) is 5. The smallest absolute Gasteiger partial charge is 0.165 e. The van der Waals surface area contributed by atoms with Gasteiger partial charge in [-0.25, -0.2) is 0 Å². The van der Waals surface area contributed by atoms with E-state index in [1.807, 2.05) is 37.3 Å². The zero-order valence-electron chi connectivity index (χ0n) is 17.3. The van der Waals surface area contributed by atoms with Crippen LogP contribution in [0.2, 0.25) is 0 Å². The molecule has 0 saturated carbocycles. The number of rotatable bonds is 5. The minimum Gasteiger partial charge on any atom is -0.493 e. The Kier molecular flexibility index (Phi) is 5.43. The van der Waals surface area contributed by atoms with Gasteiger partial charge in [0, 0.05) is 36.3 Å². The minimum atomic E-state index is -0.798. The first kappa shape index (κ1) is 19.7. The number of methoxy groups -OCH3 is 2. The molecule has 1 saturated heterocycles. The van der Waals surface area contributed by atoms with Crippen LogP contribution in [0.3, 0.4) is 0 Å². The Labute approximate surface area is 171 Å². The molecule has 2 aromatic carbocycles. The van der Waals surface area contributed by atoms with Gasteiger partial charge < -0.3 is 14.6 Å². The van der Waals surface area contributed by atoms with E-state index in [0.29, 0.717) is 12.8 Å². The zero-order valence-corrected chi connectivity index (χ0v) is 17.3. The first-order valence-corrected chi connectivity index (χ1v) is 10.0. The number of piperidine rings is 1. The molecular formula is C24H28N2O3. The average Bonchev–Trinajstić information content (AvgIpc) is 2.74. The lowest BCUT2D eigenvalue weighted by atomic mass is 9.83. The molecule has 1 aliphatic heterocycles. The number of para-hydroxylation sites is 1. The monoisotopic (exact) mass is 392 g/mol. The van der Waals surface area contributed by atoms with Crippen molar-refractivity contribution in [3.63, 3.8) is 0 Å². The molecule has 5 nitrogen and oxygen atoms in total. The predicted octanol–water partition coefficient (Wildman–Crippen LogP) is 4.04. The highest BCUT2D eigenvalue weighted by Crippen LogP contribution is 2.36. The van der Waals surface area contributed by atoms with E-state index in [1.165, 1.54) is 0 Å². The van der Waals surface area contributed by atoms with Gasteiger partial charge in [0.25, 0.3) is 0 Å². The molecule has 29 heavy (non-hydrogen) atoms. The zero-order chi connectivity index (χ0) is 20.4. The van der Waals surface area contributed by atoms with Crippen LogP contribution in [0.1, 0.15) is 29.7 Å². The van der Waals surface area contributed by atoms with Crippen molar-refractivity contribution >= 4 is 10.9 Å². The third-order valence-electron chi connectivity index (χ3n) is 5.93. The molecule has 1 aliphatic rings. The maximum atomic E-state index is 11.3. The summed E-state index contributed by atoms with van der Waals surface area (Å²) in [4.78, 5) is 6.92. The molecule has 0 spiro atoms. The van der Waals surface area contributed by atoms with E-state index >= 15 is 0 Å². The van der Waals surface area contributed by atoms with Crippen LogP contribution >= 0.6 is 0 Å². The highest BCUT2D eigenvalue weighted by Gasteiger charge is 2.34. The van der Waals surface area contributed by atoms with E-state index in [-0.39, 0.29) is 0 Å². The number of nitrogens with zero attached hydrogens (tertiary/aromatic N) is 2. The van der Waals surface area contributed by atoms with Crippen molar-refractivity contribution in [2.24, 2.45) is 0 Å². The van der Waals surface area contributed by atoms with Gasteiger partial charge in [-0.3, -0.25) is 9.88 Å². The van der Waals surface area contributed by atoms with Gasteiger partial charge in [-0.1, -0.05) is 24.3 Å². The number of ether oxygens (including phenoxy) is 2. The summed E-state index contributed by atoms with van der Waals surface area (Å²) in [5, 5.41) is 12.4. The molecule has 0 radical (unpaired) electrons. The van der Waals surface area contributed by atoms with Crippen molar-refractivity contribution < 1.29 is 14.6 Å². The molecule has 3 aromatic rings. The summed E-state index contributed by atoms with van der Waals surface area (Å²) in [6.45, 7) is 4.41. The van der Waals surface area contributed by atoms with Crippen molar-refractivity contribution in [2.45, 2.75) is 31.9 Å². The van der Waals surface area contributed by atoms with Gasteiger partial charge >= 0.3 is 0 Å². The molecule has 5 heteroatoms. The van der Waals surface area contributed by atoms with Crippen LogP contribution in [0.15, 0.2) is 48.5 Å². The van der Waals surface area contributed by atoms with E-state index in [0.717, 1.165) is 58.9 Å². The van der Waals surface area contributed by atoms with Gasteiger partial charge in [0.1, 0.15) is 0 Å². The van der Waals surface area contributed by atoms with Crippen LogP contribution in [0.25, 0.3) is 10.9 Å². The summed E-state index contributed by atoms with van der Waals surface area (Å²) in [6.07, 6.45) is 1.40. The maximum Gasteiger partial charge on any atom is 0.165 e. The van der Waals surface area contributed by atoms with Crippen LogP contribution in [0.5, 0.6) is 11.5 Å². The third-order valence-corrected chi connectivity index (χ3v) is 5.93. The molecule has 1 aromatic heterocycles. The topological polar surface area (TPSA) is 54.8 Å². The Morgan fingerprint density at radius 1 is 1.03 bits per heavy atom. The van der Waals surface area contributed by atoms with Gasteiger partial charge in [0.05, 0.1) is 25.3 Å². The summed E-state index contributed by atoms with van der Waals surface area (Å²) >= 11 is 0. The number of hydrogen-bond donors (Lipinski definition) is 1. The van der Waals surface area contributed by atoms with Crippen LogP contribution in [-0.2, 0) is 12.1 Å². The summed E-state index contributed by atoms with van der Waals surface area (Å²) in [6, 6.07) is 16.2. The first-order valence-electron chi connectivity index (χ1n) is 10.0. The van der Waals surface area contributed by atoms with Crippen molar-refractivity contribution in [2.75, 3.05) is 27.3 Å². The van der Waals surface area contributed by atoms with Crippen LogP contribution in [0, 0.1) is 6.92 Å². The molecule has 1 N–H and O–H groups in total. The lowest BCUT2D eigenvalue weighted by Crippen LogP contribution is -2.42. The second-order valence-electron chi connectivity index (χ2n) is 7.82. The highest BCUT2D eigenvalue weighted by molar-refractivity contribution is 5.79. The standard InChI is InChI=1S/C24H28N2O3/c1-17-7-8-18-15-20(9-10-21(18)25-17)24(27)11-13-26(14-12-24)16-19-5-4-6-22(28-2)23(19)29-3/h4-10,15,27H,11-14,16H2,1-3H3. The van der Waals surface area contributed by atoms with E-state index in [2.05, 4.69) is 28.1 Å². The summed E-state index contributed by atoms with van der Waals surface area (Å²) in [7, 11) is 3.33. The minimum absolute atomic E-state index is 0.698. The molecule has 2 heterocycles. The largest absolute Gasteiger partial charge is 0.493 e. The summed E-state index contributed by atoms with van der Waals surface area (Å²) in [5.41, 5.74) is 3.26. The Balaban J connectivity index is 1.48. The second-order valence-corrected chi connectivity index (χ2v) is 7.82. The Bertz CT molecular complexity index is 1010. The molecule has 0 bridgehead atoms. The predicted molar refractivity (Wildman–Crippen MR) is 114 cm³/mol. The lowest BCUT2D eigenvalue weighted by molar-refractivity contribution is -0.0277. The van der Waals surface area contributed by atoms with E-state index in [9.17, 15) is 5.11 Å². The maximum absolute atomic E-state index is 11.3. The van der Waals surface area contributed by atoms with Gasteiger partial charge in [-0.05, 0) is 49.6 Å². The number of likely N-dealkylation sites (tertiary alicyclic amines) is 1. The number of aromatic nitrogens is 1. The number of aryl methyl sites for hydroxylation is 1.